The summed E-state index contributed by atoms with van der Waals surface area (Å²) >= 11 is 1.32. The number of thioether (sulfide) groups is 1. The topological polar surface area (TPSA) is 54.3 Å². The molecule has 112 valence electrons. The fraction of sp³-hybridized carbons (Fsp3) is 0.267. The molecule has 1 amide bonds. The second-order valence-electron chi connectivity index (χ2n) is 4.61. The van der Waals surface area contributed by atoms with Gasteiger partial charge in [-0.15, -0.1) is 11.8 Å². The molecule has 1 aromatic heterocycles. The van der Waals surface area contributed by atoms with Crippen LogP contribution in [0.2, 0.25) is 0 Å². The zero-order chi connectivity index (χ0) is 15.2. The first kappa shape index (κ1) is 15.6. The predicted molar refractivity (Wildman–Crippen MR) is 80.5 cm³/mol. The van der Waals surface area contributed by atoms with Crippen LogP contribution in [0.5, 0.6) is 0 Å². The van der Waals surface area contributed by atoms with Crippen LogP contribution >= 0.6 is 11.8 Å². The number of rotatable bonds is 6. The van der Waals surface area contributed by atoms with Crippen LogP contribution in [0.1, 0.15) is 11.8 Å². The summed E-state index contributed by atoms with van der Waals surface area (Å²) in [6.07, 6.45) is 1.11. The van der Waals surface area contributed by atoms with Gasteiger partial charge in [0.05, 0.1) is 5.75 Å². The first-order chi connectivity index (χ1) is 10.1. The Bertz CT molecular complexity index is 598. The van der Waals surface area contributed by atoms with Gasteiger partial charge in [0, 0.05) is 30.4 Å². The Kier molecular flexibility index (Phi) is 5.41. The second kappa shape index (κ2) is 7.28. The van der Waals surface area contributed by atoms with Crippen LogP contribution in [-0.4, -0.2) is 27.9 Å². The van der Waals surface area contributed by atoms with Crippen molar-refractivity contribution in [3.63, 3.8) is 0 Å². The highest BCUT2D eigenvalue weighted by Gasteiger charge is 2.12. The minimum Gasteiger partial charge on any atom is -0.385 e. The van der Waals surface area contributed by atoms with Crippen LogP contribution in [0.3, 0.4) is 0 Å². The molecule has 2 N–H and O–H groups in total. The molecule has 0 aliphatic rings. The lowest BCUT2D eigenvalue weighted by Gasteiger charge is -2.13. The molecule has 1 unspecified atom stereocenters. The lowest BCUT2D eigenvalue weighted by atomic mass is 10.2. The fourth-order valence-electron chi connectivity index (χ4n) is 1.87. The van der Waals surface area contributed by atoms with E-state index < -0.39 is 6.10 Å². The molecular formula is C15H17FN2O2S. The Morgan fingerprint density at radius 1 is 1.38 bits per heavy atom. The molecule has 4 nitrogen and oxygen atoms in total. The van der Waals surface area contributed by atoms with Crippen LogP contribution in [0.15, 0.2) is 47.5 Å². The number of nitrogens with one attached hydrogen (secondary N) is 1. The summed E-state index contributed by atoms with van der Waals surface area (Å²) < 4.78 is 14.6. The van der Waals surface area contributed by atoms with E-state index in [9.17, 15) is 14.3 Å². The van der Waals surface area contributed by atoms with Crippen molar-refractivity contribution in [2.24, 2.45) is 7.05 Å². The fourth-order valence-corrected chi connectivity index (χ4v) is 2.59. The maximum atomic E-state index is 12.7. The van der Waals surface area contributed by atoms with Gasteiger partial charge < -0.3 is 15.0 Å². The molecule has 0 saturated carbocycles. The van der Waals surface area contributed by atoms with E-state index in [4.69, 9.17) is 0 Å². The van der Waals surface area contributed by atoms with Gasteiger partial charge in [0.15, 0.2) is 0 Å². The van der Waals surface area contributed by atoms with Gasteiger partial charge in [0.25, 0.3) is 0 Å². The summed E-state index contributed by atoms with van der Waals surface area (Å²) in [6.45, 7) is 0.167. The SMILES string of the molecule is Cn1cccc1C(O)CNC(=O)CSc1ccc(F)cc1. The third-order valence-corrected chi connectivity index (χ3v) is 4.01. The first-order valence-corrected chi connectivity index (χ1v) is 7.49. The Balaban J connectivity index is 1.75. The van der Waals surface area contributed by atoms with Crippen LogP contribution in [0.25, 0.3) is 0 Å². The third-order valence-electron chi connectivity index (χ3n) is 3.00. The van der Waals surface area contributed by atoms with E-state index in [1.807, 2.05) is 29.9 Å². The second-order valence-corrected chi connectivity index (χ2v) is 5.66. The minimum absolute atomic E-state index is 0.167. The minimum atomic E-state index is -0.732. The number of nitrogens with zero attached hydrogens (tertiary/aromatic N) is 1. The van der Waals surface area contributed by atoms with Gasteiger partial charge in [0.1, 0.15) is 11.9 Å². The number of aromatic nitrogens is 1. The van der Waals surface area contributed by atoms with Crippen molar-refractivity contribution in [1.29, 1.82) is 0 Å². The highest BCUT2D eigenvalue weighted by Crippen LogP contribution is 2.17. The van der Waals surface area contributed by atoms with Gasteiger partial charge in [-0.2, -0.15) is 0 Å². The van der Waals surface area contributed by atoms with E-state index >= 15 is 0 Å². The highest BCUT2D eigenvalue weighted by atomic mass is 32.2. The maximum Gasteiger partial charge on any atom is 0.230 e. The van der Waals surface area contributed by atoms with Gasteiger partial charge in [-0.25, -0.2) is 4.39 Å². The van der Waals surface area contributed by atoms with E-state index in [1.165, 1.54) is 23.9 Å². The number of amides is 1. The zero-order valence-electron chi connectivity index (χ0n) is 11.6. The number of benzene rings is 1. The molecule has 1 atom stereocenters. The molecule has 0 saturated heterocycles. The molecule has 0 spiro atoms. The van der Waals surface area contributed by atoms with Gasteiger partial charge >= 0.3 is 0 Å². The van der Waals surface area contributed by atoms with Crippen molar-refractivity contribution in [2.75, 3.05) is 12.3 Å². The summed E-state index contributed by atoms with van der Waals surface area (Å²) in [5, 5.41) is 12.7. The predicted octanol–water partition coefficient (Wildman–Crippen LogP) is 2.11. The molecule has 2 rings (SSSR count). The monoisotopic (exact) mass is 308 g/mol. The van der Waals surface area contributed by atoms with Crippen molar-refractivity contribution >= 4 is 17.7 Å². The number of hydrogen-bond donors (Lipinski definition) is 2. The van der Waals surface area contributed by atoms with Gasteiger partial charge in [0.2, 0.25) is 5.91 Å². The van der Waals surface area contributed by atoms with Gasteiger partial charge in [-0.1, -0.05) is 0 Å². The summed E-state index contributed by atoms with van der Waals surface area (Å²) in [4.78, 5) is 12.5. The average molecular weight is 308 g/mol. The normalized spacial score (nSPS) is 12.1. The molecule has 6 heteroatoms. The highest BCUT2D eigenvalue weighted by molar-refractivity contribution is 8.00. The molecule has 0 fully saturated rings. The van der Waals surface area contributed by atoms with Crippen molar-refractivity contribution in [1.82, 2.24) is 9.88 Å². The van der Waals surface area contributed by atoms with E-state index in [0.29, 0.717) is 0 Å². The quantitative estimate of drug-likeness (QED) is 0.804. The third kappa shape index (κ3) is 4.61. The van der Waals surface area contributed by atoms with E-state index in [-0.39, 0.29) is 24.0 Å². The number of hydrogen-bond acceptors (Lipinski definition) is 3. The number of aliphatic hydroxyl groups is 1. The molecule has 0 aliphatic carbocycles. The first-order valence-electron chi connectivity index (χ1n) is 6.50. The molecule has 1 aromatic carbocycles. The van der Waals surface area contributed by atoms with Crippen molar-refractivity contribution in [3.05, 3.63) is 54.1 Å². The van der Waals surface area contributed by atoms with Crippen molar-refractivity contribution in [3.8, 4) is 0 Å². The van der Waals surface area contributed by atoms with Crippen molar-refractivity contribution in [2.45, 2.75) is 11.0 Å². The molecule has 21 heavy (non-hydrogen) atoms. The molecule has 0 radical (unpaired) electrons. The lowest BCUT2D eigenvalue weighted by molar-refractivity contribution is -0.119. The van der Waals surface area contributed by atoms with E-state index in [0.717, 1.165) is 10.6 Å². The van der Waals surface area contributed by atoms with E-state index in [2.05, 4.69) is 5.32 Å². The Morgan fingerprint density at radius 3 is 2.71 bits per heavy atom. The molecule has 1 heterocycles. The number of carbonyl (C=O) groups excluding carboxylic acids is 1. The van der Waals surface area contributed by atoms with Gasteiger partial charge in [-0.05, 0) is 36.4 Å². The lowest BCUT2D eigenvalue weighted by Crippen LogP contribution is -2.30. The smallest absolute Gasteiger partial charge is 0.230 e. The summed E-state index contributed by atoms with van der Waals surface area (Å²) in [5.41, 5.74) is 0.751. The zero-order valence-corrected chi connectivity index (χ0v) is 12.4. The molecular weight excluding hydrogens is 291 g/mol. The number of halogens is 1. The van der Waals surface area contributed by atoms with Crippen LogP contribution in [0, 0.1) is 5.82 Å². The molecule has 0 aliphatic heterocycles. The van der Waals surface area contributed by atoms with Crippen molar-refractivity contribution < 1.29 is 14.3 Å². The average Bonchev–Trinajstić information content (AvgIpc) is 2.90. The summed E-state index contributed by atoms with van der Waals surface area (Å²) in [7, 11) is 1.84. The standard InChI is InChI=1S/C15H17FN2O2S/c1-18-8-2-3-13(18)14(19)9-17-15(20)10-21-12-6-4-11(16)5-7-12/h2-8,14,19H,9-10H2,1H3,(H,17,20). The van der Waals surface area contributed by atoms with Crippen LogP contribution in [0.4, 0.5) is 4.39 Å². The number of aliphatic hydroxyl groups excluding tert-OH is 1. The molecule has 0 bridgehead atoms. The summed E-state index contributed by atoms with van der Waals surface area (Å²) in [5.74, 6) is -0.238. The molecule has 2 aromatic rings. The Hall–Kier alpha value is -1.79. The van der Waals surface area contributed by atoms with Crippen LogP contribution < -0.4 is 5.32 Å². The largest absolute Gasteiger partial charge is 0.385 e. The van der Waals surface area contributed by atoms with E-state index in [1.54, 1.807) is 12.1 Å². The Morgan fingerprint density at radius 2 is 2.10 bits per heavy atom. The Labute approximate surface area is 127 Å². The number of carbonyl (C=O) groups is 1. The maximum absolute atomic E-state index is 12.7. The summed E-state index contributed by atoms with van der Waals surface area (Å²) in [6, 6.07) is 9.63. The van der Waals surface area contributed by atoms with Gasteiger partial charge in [-0.3, -0.25) is 4.79 Å². The van der Waals surface area contributed by atoms with Crippen LogP contribution in [-0.2, 0) is 11.8 Å². The number of aryl methyl sites for hydroxylation is 1.